The Bertz CT molecular complexity index is 693. The summed E-state index contributed by atoms with van der Waals surface area (Å²) in [6.07, 6.45) is 0.154. The summed E-state index contributed by atoms with van der Waals surface area (Å²) in [6.45, 7) is 3.42. The molecule has 21 heavy (non-hydrogen) atoms. The van der Waals surface area contributed by atoms with Gasteiger partial charge in [0.1, 0.15) is 6.10 Å². The number of ether oxygens (including phenoxy) is 1. The van der Waals surface area contributed by atoms with Crippen LogP contribution in [0.1, 0.15) is 25.6 Å². The molecule has 110 valence electrons. The van der Waals surface area contributed by atoms with Gasteiger partial charge in [-0.15, -0.1) is 0 Å². The van der Waals surface area contributed by atoms with Crippen molar-refractivity contribution >= 4 is 17.0 Å². The first-order chi connectivity index (χ1) is 10.0. The molecule has 2 aromatic rings. The number of nitrogens with two attached hydrogens (primary N) is 1. The minimum absolute atomic E-state index is 0.0126. The van der Waals surface area contributed by atoms with Crippen LogP contribution in [0.3, 0.4) is 0 Å². The van der Waals surface area contributed by atoms with Crippen molar-refractivity contribution in [2.24, 2.45) is 5.73 Å². The zero-order chi connectivity index (χ0) is 15.4. The standard InChI is InChI=1S/C15H17N3O3/c1-3-21-15(20)13(9(2)16)14(19)12-8-17-10-6-4-5-7-11(10)18-12/h4-8,14,19H,3,16H2,1-2H3/b13-9+. The highest BCUT2D eigenvalue weighted by Gasteiger charge is 2.25. The molecule has 0 bridgehead atoms. The summed E-state index contributed by atoms with van der Waals surface area (Å²) in [5.41, 5.74) is 7.46. The van der Waals surface area contributed by atoms with Crippen LogP contribution < -0.4 is 5.73 Å². The average molecular weight is 287 g/mol. The Labute approximate surface area is 122 Å². The lowest BCUT2D eigenvalue weighted by Crippen LogP contribution is -2.20. The van der Waals surface area contributed by atoms with Crippen molar-refractivity contribution in [3.63, 3.8) is 0 Å². The van der Waals surface area contributed by atoms with Gasteiger partial charge in [-0.05, 0) is 26.0 Å². The van der Waals surface area contributed by atoms with E-state index in [0.29, 0.717) is 11.0 Å². The summed E-state index contributed by atoms with van der Waals surface area (Å²) in [6, 6.07) is 7.26. The molecule has 1 atom stereocenters. The predicted molar refractivity (Wildman–Crippen MR) is 78.0 cm³/mol. The van der Waals surface area contributed by atoms with Crippen LogP contribution in [-0.4, -0.2) is 27.7 Å². The largest absolute Gasteiger partial charge is 0.462 e. The highest BCUT2D eigenvalue weighted by atomic mass is 16.5. The third-order valence-corrected chi connectivity index (χ3v) is 2.94. The summed E-state index contributed by atoms with van der Waals surface area (Å²) in [5.74, 6) is -0.653. The van der Waals surface area contributed by atoms with Crippen molar-refractivity contribution in [2.45, 2.75) is 20.0 Å². The minimum atomic E-state index is -1.27. The molecule has 1 unspecified atom stereocenters. The van der Waals surface area contributed by atoms with Gasteiger partial charge in [0, 0.05) is 5.70 Å². The minimum Gasteiger partial charge on any atom is -0.462 e. The number of aromatic nitrogens is 2. The van der Waals surface area contributed by atoms with E-state index in [1.807, 2.05) is 18.2 Å². The maximum atomic E-state index is 11.9. The number of rotatable bonds is 4. The van der Waals surface area contributed by atoms with Gasteiger partial charge in [0.2, 0.25) is 0 Å². The molecule has 1 aromatic heterocycles. The SMILES string of the molecule is CCOC(=O)/C(=C(\C)N)C(O)c1cnc2ccccc2n1. The number of fused-ring (bicyclic) bond motifs is 1. The number of benzene rings is 1. The van der Waals surface area contributed by atoms with Gasteiger partial charge < -0.3 is 15.6 Å². The normalized spacial score (nSPS) is 13.7. The van der Waals surface area contributed by atoms with Crippen LogP contribution in [0, 0.1) is 0 Å². The fraction of sp³-hybridized carbons (Fsp3) is 0.267. The first-order valence-corrected chi connectivity index (χ1v) is 6.57. The molecule has 0 spiro atoms. The van der Waals surface area contributed by atoms with Crippen LogP contribution in [0.25, 0.3) is 11.0 Å². The molecule has 6 heteroatoms. The zero-order valence-corrected chi connectivity index (χ0v) is 11.9. The molecule has 2 rings (SSSR count). The first kappa shape index (κ1) is 14.9. The van der Waals surface area contributed by atoms with Crippen LogP contribution in [0.15, 0.2) is 41.7 Å². The van der Waals surface area contributed by atoms with Crippen LogP contribution in [0.2, 0.25) is 0 Å². The summed E-state index contributed by atoms with van der Waals surface area (Å²) >= 11 is 0. The van der Waals surface area contributed by atoms with Crippen molar-refractivity contribution in [2.75, 3.05) is 6.61 Å². The maximum Gasteiger partial charge on any atom is 0.338 e. The Kier molecular flexibility index (Phi) is 4.49. The first-order valence-electron chi connectivity index (χ1n) is 6.57. The molecule has 0 fully saturated rings. The number of carbonyl (C=O) groups is 1. The van der Waals surface area contributed by atoms with E-state index in [2.05, 4.69) is 9.97 Å². The Hall–Kier alpha value is -2.47. The summed E-state index contributed by atoms with van der Waals surface area (Å²) in [4.78, 5) is 20.4. The Morgan fingerprint density at radius 2 is 2.05 bits per heavy atom. The summed E-state index contributed by atoms with van der Waals surface area (Å²) in [5, 5.41) is 10.4. The number of aliphatic hydroxyl groups excluding tert-OH is 1. The number of allylic oxidation sites excluding steroid dienone is 1. The topological polar surface area (TPSA) is 98.3 Å². The van der Waals surface area contributed by atoms with Gasteiger partial charge in [-0.25, -0.2) is 9.78 Å². The quantitative estimate of drug-likeness (QED) is 0.652. The highest BCUT2D eigenvalue weighted by Crippen LogP contribution is 2.23. The van der Waals surface area contributed by atoms with E-state index in [0.717, 1.165) is 0 Å². The van der Waals surface area contributed by atoms with E-state index in [1.165, 1.54) is 13.1 Å². The number of para-hydroxylation sites is 2. The molecular formula is C15H17N3O3. The highest BCUT2D eigenvalue weighted by molar-refractivity contribution is 5.90. The maximum absolute atomic E-state index is 11.9. The number of nitrogens with zero attached hydrogens (tertiary/aromatic N) is 2. The summed E-state index contributed by atoms with van der Waals surface area (Å²) < 4.78 is 4.91. The number of aliphatic hydroxyl groups is 1. The number of hydrogen-bond donors (Lipinski definition) is 2. The molecule has 0 saturated carbocycles. The molecule has 0 saturated heterocycles. The fourth-order valence-corrected chi connectivity index (χ4v) is 1.95. The Balaban J connectivity index is 2.41. The van der Waals surface area contributed by atoms with Crippen LogP contribution in [0.5, 0.6) is 0 Å². The molecule has 3 N–H and O–H groups in total. The van der Waals surface area contributed by atoms with Crippen molar-refractivity contribution in [1.82, 2.24) is 9.97 Å². The van der Waals surface area contributed by atoms with E-state index in [9.17, 15) is 9.90 Å². The van der Waals surface area contributed by atoms with Gasteiger partial charge in [0.25, 0.3) is 0 Å². The molecule has 6 nitrogen and oxygen atoms in total. The molecule has 0 aliphatic rings. The molecule has 1 aromatic carbocycles. The van der Waals surface area contributed by atoms with Gasteiger partial charge in [0.15, 0.2) is 0 Å². The van der Waals surface area contributed by atoms with E-state index in [4.69, 9.17) is 10.5 Å². The van der Waals surface area contributed by atoms with E-state index in [1.54, 1.807) is 13.0 Å². The van der Waals surface area contributed by atoms with Gasteiger partial charge in [0.05, 0.1) is 35.1 Å². The third-order valence-electron chi connectivity index (χ3n) is 2.94. The van der Waals surface area contributed by atoms with E-state index >= 15 is 0 Å². The van der Waals surface area contributed by atoms with Gasteiger partial charge >= 0.3 is 5.97 Å². The fourth-order valence-electron chi connectivity index (χ4n) is 1.95. The van der Waals surface area contributed by atoms with Crippen molar-refractivity contribution in [1.29, 1.82) is 0 Å². The molecule has 0 amide bonds. The lowest BCUT2D eigenvalue weighted by atomic mass is 10.1. The molecular weight excluding hydrogens is 270 g/mol. The van der Waals surface area contributed by atoms with Crippen molar-refractivity contribution in [3.05, 3.63) is 47.4 Å². The van der Waals surface area contributed by atoms with E-state index in [-0.39, 0.29) is 23.6 Å². The van der Waals surface area contributed by atoms with Crippen molar-refractivity contribution < 1.29 is 14.6 Å². The molecule has 0 aliphatic heterocycles. The monoisotopic (exact) mass is 287 g/mol. The number of esters is 1. The Morgan fingerprint density at radius 3 is 2.67 bits per heavy atom. The number of carbonyl (C=O) groups excluding carboxylic acids is 1. The van der Waals surface area contributed by atoms with Gasteiger partial charge in [-0.1, -0.05) is 12.1 Å². The average Bonchev–Trinajstić information content (AvgIpc) is 2.46. The zero-order valence-electron chi connectivity index (χ0n) is 11.9. The smallest absolute Gasteiger partial charge is 0.338 e. The third kappa shape index (κ3) is 3.17. The van der Waals surface area contributed by atoms with E-state index < -0.39 is 12.1 Å². The van der Waals surface area contributed by atoms with Gasteiger partial charge in [-0.3, -0.25) is 4.98 Å². The lowest BCUT2D eigenvalue weighted by Gasteiger charge is -2.15. The van der Waals surface area contributed by atoms with Gasteiger partial charge in [-0.2, -0.15) is 0 Å². The van der Waals surface area contributed by atoms with Crippen LogP contribution >= 0.6 is 0 Å². The van der Waals surface area contributed by atoms with Crippen LogP contribution in [0.4, 0.5) is 0 Å². The second-order valence-corrected chi connectivity index (χ2v) is 4.50. The number of hydrogen-bond acceptors (Lipinski definition) is 6. The van der Waals surface area contributed by atoms with Crippen molar-refractivity contribution in [3.8, 4) is 0 Å². The molecule has 0 aliphatic carbocycles. The molecule has 1 heterocycles. The second-order valence-electron chi connectivity index (χ2n) is 4.50. The molecule has 0 radical (unpaired) electrons. The Morgan fingerprint density at radius 1 is 1.38 bits per heavy atom. The lowest BCUT2D eigenvalue weighted by molar-refractivity contribution is -0.139. The predicted octanol–water partition coefficient (Wildman–Crippen LogP) is 1.46. The summed E-state index contributed by atoms with van der Waals surface area (Å²) in [7, 11) is 0. The second kappa shape index (κ2) is 6.32. The van der Waals surface area contributed by atoms with Crippen LogP contribution in [-0.2, 0) is 9.53 Å².